The number of benzene rings is 2. The highest BCUT2D eigenvalue weighted by Crippen LogP contribution is 2.44. The molecule has 1 aliphatic carbocycles. The smallest absolute Gasteiger partial charge is 0.407 e. The van der Waals surface area contributed by atoms with Gasteiger partial charge in [0.1, 0.15) is 23.4 Å². The Labute approximate surface area is 199 Å². The predicted molar refractivity (Wildman–Crippen MR) is 125 cm³/mol. The maximum atomic E-state index is 12.3. The number of carboxylic acids is 1. The van der Waals surface area contributed by atoms with Crippen molar-refractivity contribution in [2.75, 3.05) is 13.2 Å². The van der Waals surface area contributed by atoms with E-state index in [1.54, 1.807) is 0 Å². The number of hydrogen-bond acceptors (Lipinski definition) is 7. The molecule has 0 radical (unpaired) electrons. The van der Waals surface area contributed by atoms with Crippen LogP contribution < -0.4 is 10.6 Å². The van der Waals surface area contributed by atoms with Crippen molar-refractivity contribution in [3.05, 3.63) is 75.7 Å². The molecule has 1 atom stereocenters. The number of aromatic nitrogens is 1. The molecule has 9 nitrogen and oxygen atoms in total. The molecule has 2 aromatic carbocycles. The molecule has 0 fully saturated rings. The molecule has 4 rings (SSSR count). The zero-order valence-electron chi connectivity index (χ0n) is 18.1. The molecule has 1 heterocycles. The SMILES string of the molecule is O=C(NCc1nc(C(=O)NC(CCO)C(=O)O)cs1)OCC1c2ccccc2-c2ccccc21. The number of aliphatic hydroxyl groups excluding tert-OH is 1. The Morgan fingerprint density at radius 3 is 2.32 bits per heavy atom. The molecule has 0 aliphatic heterocycles. The second-order valence-electron chi connectivity index (χ2n) is 7.68. The van der Waals surface area contributed by atoms with Crippen LogP contribution in [-0.2, 0) is 16.1 Å². The normalized spacial score (nSPS) is 13.0. The third-order valence-electron chi connectivity index (χ3n) is 5.53. The van der Waals surface area contributed by atoms with Gasteiger partial charge in [-0.1, -0.05) is 48.5 Å². The number of fused-ring (bicyclic) bond motifs is 3. The Morgan fingerprint density at radius 1 is 1.06 bits per heavy atom. The number of nitrogens with zero attached hydrogens (tertiary/aromatic N) is 1. The van der Waals surface area contributed by atoms with Gasteiger partial charge in [0.25, 0.3) is 5.91 Å². The van der Waals surface area contributed by atoms with Crippen molar-refractivity contribution in [3.63, 3.8) is 0 Å². The number of rotatable bonds is 9. The molecule has 1 aliphatic rings. The summed E-state index contributed by atoms with van der Waals surface area (Å²) in [5.74, 6) is -1.95. The van der Waals surface area contributed by atoms with Crippen molar-refractivity contribution in [1.82, 2.24) is 15.6 Å². The van der Waals surface area contributed by atoms with E-state index >= 15 is 0 Å². The average molecular weight is 482 g/mol. The van der Waals surface area contributed by atoms with Crippen LogP contribution in [0.4, 0.5) is 4.79 Å². The lowest BCUT2D eigenvalue weighted by molar-refractivity contribution is -0.139. The van der Waals surface area contributed by atoms with E-state index in [0.717, 1.165) is 33.6 Å². The topological polar surface area (TPSA) is 138 Å². The van der Waals surface area contributed by atoms with Crippen molar-refractivity contribution >= 4 is 29.3 Å². The number of thiazole rings is 1. The number of aliphatic carboxylic acids is 1. The van der Waals surface area contributed by atoms with E-state index in [4.69, 9.17) is 14.9 Å². The minimum Gasteiger partial charge on any atom is -0.480 e. The van der Waals surface area contributed by atoms with Gasteiger partial charge in [-0.05, 0) is 22.3 Å². The summed E-state index contributed by atoms with van der Waals surface area (Å²) >= 11 is 1.15. The lowest BCUT2D eigenvalue weighted by Crippen LogP contribution is -2.41. The highest BCUT2D eigenvalue weighted by atomic mass is 32.1. The number of hydrogen-bond donors (Lipinski definition) is 4. The molecule has 0 bridgehead atoms. The zero-order valence-corrected chi connectivity index (χ0v) is 18.9. The molecule has 0 spiro atoms. The van der Waals surface area contributed by atoms with E-state index < -0.39 is 24.0 Å². The maximum absolute atomic E-state index is 12.3. The fraction of sp³-hybridized carbons (Fsp3) is 0.250. The number of carbonyl (C=O) groups is 3. The van der Waals surface area contributed by atoms with Crippen LogP contribution in [-0.4, -0.2) is 52.4 Å². The van der Waals surface area contributed by atoms with Crippen molar-refractivity contribution in [1.29, 1.82) is 0 Å². The molecule has 10 heteroatoms. The quantitative estimate of drug-likeness (QED) is 0.369. The van der Waals surface area contributed by atoms with Gasteiger partial charge >= 0.3 is 12.1 Å². The Balaban J connectivity index is 1.30. The molecule has 4 N–H and O–H groups in total. The summed E-state index contributed by atoms with van der Waals surface area (Å²) in [7, 11) is 0. The fourth-order valence-corrected chi connectivity index (χ4v) is 4.63. The van der Waals surface area contributed by atoms with E-state index in [1.807, 2.05) is 36.4 Å². The maximum Gasteiger partial charge on any atom is 0.407 e. The summed E-state index contributed by atoms with van der Waals surface area (Å²) in [5.41, 5.74) is 4.56. The number of alkyl carbamates (subject to hydrolysis) is 1. The summed E-state index contributed by atoms with van der Waals surface area (Å²) in [6.07, 6.45) is -0.710. The molecule has 34 heavy (non-hydrogen) atoms. The average Bonchev–Trinajstić information content (AvgIpc) is 3.44. The Hall–Kier alpha value is -3.76. The first-order valence-corrected chi connectivity index (χ1v) is 11.5. The van der Waals surface area contributed by atoms with E-state index in [1.165, 1.54) is 5.38 Å². The first-order chi connectivity index (χ1) is 16.5. The molecular weight excluding hydrogens is 458 g/mol. The first kappa shape index (κ1) is 23.4. The number of nitrogens with one attached hydrogen (secondary N) is 2. The van der Waals surface area contributed by atoms with Crippen molar-refractivity contribution in [2.45, 2.75) is 24.9 Å². The molecule has 1 unspecified atom stereocenters. The van der Waals surface area contributed by atoms with Gasteiger partial charge in [0.2, 0.25) is 0 Å². The van der Waals surface area contributed by atoms with Gasteiger partial charge in [0, 0.05) is 24.3 Å². The second kappa shape index (κ2) is 10.4. The van der Waals surface area contributed by atoms with Gasteiger partial charge in [-0.3, -0.25) is 4.79 Å². The highest BCUT2D eigenvalue weighted by Gasteiger charge is 2.29. The highest BCUT2D eigenvalue weighted by molar-refractivity contribution is 7.09. The van der Waals surface area contributed by atoms with Gasteiger partial charge in [-0.2, -0.15) is 0 Å². The molecule has 1 aromatic heterocycles. The van der Waals surface area contributed by atoms with Crippen LogP contribution in [0.15, 0.2) is 53.9 Å². The van der Waals surface area contributed by atoms with Crippen LogP contribution in [0.5, 0.6) is 0 Å². The third-order valence-corrected chi connectivity index (χ3v) is 6.38. The lowest BCUT2D eigenvalue weighted by atomic mass is 9.98. The molecule has 176 valence electrons. The Kier molecular flexibility index (Phi) is 7.19. The summed E-state index contributed by atoms with van der Waals surface area (Å²) in [5, 5.41) is 24.9. The molecule has 0 saturated heterocycles. The van der Waals surface area contributed by atoms with E-state index in [0.29, 0.717) is 5.01 Å². The van der Waals surface area contributed by atoms with Crippen molar-refractivity contribution < 1.29 is 29.3 Å². The third kappa shape index (κ3) is 5.08. The second-order valence-corrected chi connectivity index (χ2v) is 8.62. The van der Waals surface area contributed by atoms with Crippen LogP contribution >= 0.6 is 11.3 Å². The molecule has 2 amide bonds. The standard InChI is InChI=1S/C24H23N3O6S/c28-10-9-19(23(30)31)27-22(29)20-13-34-21(26-20)11-25-24(32)33-12-18-16-7-3-1-5-14(16)15-6-2-4-8-17(15)18/h1-8,13,18-19,28H,9-12H2,(H,25,32)(H,27,29)(H,30,31). The van der Waals surface area contributed by atoms with Crippen LogP contribution in [0.1, 0.15) is 39.0 Å². The van der Waals surface area contributed by atoms with E-state index in [-0.39, 0.29) is 37.8 Å². The van der Waals surface area contributed by atoms with Crippen LogP contribution in [0.2, 0.25) is 0 Å². The number of carbonyl (C=O) groups excluding carboxylic acids is 2. The van der Waals surface area contributed by atoms with Gasteiger partial charge in [-0.25, -0.2) is 14.6 Å². The predicted octanol–water partition coefficient (Wildman–Crippen LogP) is 2.75. The van der Waals surface area contributed by atoms with Crippen LogP contribution in [0, 0.1) is 0 Å². The minimum absolute atomic E-state index is 0.0403. The largest absolute Gasteiger partial charge is 0.480 e. The number of ether oxygens (including phenoxy) is 1. The van der Waals surface area contributed by atoms with E-state index in [9.17, 15) is 14.4 Å². The Bertz CT molecular complexity index is 1170. The number of aliphatic hydroxyl groups is 1. The summed E-state index contributed by atoms with van der Waals surface area (Å²) in [6.45, 7) is -0.121. The minimum atomic E-state index is -1.24. The zero-order chi connectivity index (χ0) is 24.1. The van der Waals surface area contributed by atoms with E-state index in [2.05, 4.69) is 27.8 Å². The fourth-order valence-electron chi connectivity index (χ4n) is 3.91. The van der Waals surface area contributed by atoms with Gasteiger partial charge in [0.05, 0.1) is 6.54 Å². The monoisotopic (exact) mass is 481 g/mol. The van der Waals surface area contributed by atoms with Crippen molar-refractivity contribution in [2.24, 2.45) is 0 Å². The molecular formula is C24H23N3O6S. The van der Waals surface area contributed by atoms with Gasteiger partial charge < -0.3 is 25.6 Å². The summed E-state index contributed by atoms with van der Waals surface area (Å²) < 4.78 is 5.48. The number of amides is 2. The van der Waals surface area contributed by atoms with Crippen molar-refractivity contribution in [3.8, 4) is 11.1 Å². The lowest BCUT2D eigenvalue weighted by Gasteiger charge is -2.14. The van der Waals surface area contributed by atoms with Crippen LogP contribution in [0.3, 0.4) is 0 Å². The summed E-state index contributed by atoms with van der Waals surface area (Å²) in [6, 6.07) is 14.9. The van der Waals surface area contributed by atoms with Crippen LogP contribution in [0.25, 0.3) is 11.1 Å². The van der Waals surface area contributed by atoms with Gasteiger partial charge in [0.15, 0.2) is 0 Å². The Morgan fingerprint density at radius 2 is 1.71 bits per heavy atom. The summed E-state index contributed by atoms with van der Waals surface area (Å²) in [4.78, 5) is 39.8. The van der Waals surface area contributed by atoms with Gasteiger partial charge in [-0.15, -0.1) is 11.3 Å². The number of carboxylic acid groups (broad SMARTS) is 1. The first-order valence-electron chi connectivity index (χ1n) is 10.7. The molecule has 0 saturated carbocycles. The molecule has 3 aromatic rings.